The maximum atomic E-state index is 11.9. The van der Waals surface area contributed by atoms with Crippen molar-refractivity contribution in [2.75, 3.05) is 6.61 Å². The highest BCUT2D eigenvalue weighted by molar-refractivity contribution is 9.10. The van der Waals surface area contributed by atoms with Crippen molar-refractivity contribution in [3.05, 3.63) is 34.3 Å². The van der Waals surface area contributed by atoms with Crippen molar-refractivity contribution < 1.29 is 9.53 Å². The van der Waals surface area contributed by atoms with Crippen LogP contribution in [0.1, 0.15) is 37.7 Å². The molecule has 0 aromatic heterocycles. The summed E-state index contributed by atoms with van der Waals surface area (Å²) in [4.78, 5) is 11.9. The molecule has 0 amide bonds. The Labute approximate surface area is 117 Å². The molecule has 0 aliphatic heterocycles. The van der Waals surface area contributed by atoms with Gasteiger partial charge in [0, 0.05) is 10.4 Å². The fraction of sp³-hybridized carbons (Fsp3) is 0.533. The first kappa shape index (κ1) is 13.8. The molecule has 0 radical (unpaired) electrons. The lowest BCUT2D eigenvalue weighted by atomic mass is 9.86. The number of hydrogen-bond acceptors (Lipinski definition) is 2. The van der Waals surface area contributed by atoms with Crippen molar-refractivity contribution in [3.63, 3.8) is 0 Å². The number of halogens is 1. The van der Waals surface area contributed by atoms with E-state index in [-0.39, 0.29) is 18.3 Å². The minimum absolute atomic E-state index is 0.251. The molecule has 1 aliphatic rings. The van der Waals surface area contributed by atoms with Crippen LogP contribution in [-0.2, 0) is 16.1 Å². The van der Waals surface area contributed by atoms with Crippen LogP contribution in [0.15, 0.2) is 28.7 Å². The van der Waals surface area contributed by atoms with Crippen LogP contribution in [-0.4, -0.2) is 12.4 Å². The van der Waals surface area contributed by atoms with Gasteiger partial charge in [-0.3, -0.25) is 4.79 Å². The number of hydrogen-bond donors (Lipinski definition) is 0. The molecule has 1 saturated carbocycles. The average Bonchev–Trinajstić information content (AvgIpc) is 2.40. The van der Waals surface area contributed by atoms with Crippen molar-refractivity contribution in [1.29, 1.82) is 0 Å². The fourth-order valence-electron chi connectivity index (χ4n) is 2.44. The van der Waals surface area contributed by atoms with Crippen molar-refractivity contribution >= 4 is 21.7 Å². The molecule has 98 valence electrons. The summed E-state index contributed by atoms with van der Waals surface area (Å²) in [6, 6.07) is 7.99. The molecule has 18 heavy (non-hydrogen) atoms. The monoisotopic (exact) mass is 310 g/mol. The van der Waals surface area contributed by atoms with Gasteiger partial charge in [-0.25, -0.2) is 0 Å². The highest BCUT2D eigenvalue weighted by Gasteiger charge is 2.20. The second-order valence-electron chi connectivity index (χ2n) is 4.92. The summed E-state index contributed by atoms with van der Waals surface area (Å²) >= 11 is 3.42. The summed E-state index contributed by atoms with van der Waals surface area (Å²) in [7, 11) is 0. The number of carbonyl (C=O) groups is 1. The van der Waals surface area contributed by atoms with Crippen LogP contribution in [0.2, 0.25) is 0 Å². The van der Waals surface area contributed by atoms with Crippen LogP contribution in [0.25, 0.3) is 0 Å². The summed E-state index contributed by atoms with van der Waals surface area (Å²) in [5.74, 6) is 0.533. The number of benzene rings is 1. The summed E-state index contributed by atoms with van der Waals surface area (Å²) in [5.41, 5.74) is 1.10. The Morgan fingerprint density at radius 2 is 2.06 bits per heavy atom. The Bertz CT molecular complexity index is 397. The molecule has 1 fully saturated rings. The van der Waals surface area contributed by atoms with Gasteiger partial charge >= 0.3 is 0 Å². The van der Waals surface area contributed by atoms with E-state index in [0.717, 1.165) is 22.9 Å². The lowest BCUT2D eigenvalue weighted by Gasteiger charge is -2.20. The summed E-state index contributed by atoms with van der Waals surface area (Å²) < 4.78 is 6.56. The van der Waals surface area contributed by atoms with Gasteiger partial charge in [0.2, 0.25) is 0 Å². The van der Waals surface area contributed by atoms with Crippen LogP contribution in [0.5, 0.6) is 0 Å². The van der Waals surface area contributed by atoms with Crippen molar-refractivity contribution in [3.8, 4) is 0 Å². The molecule has 2 rings (SSSR count). The number of ether oxygens (including phenoxy) is 1. The molecule has 0 bridgehead atoms. The molecule has 2 nitrogen and oxygen atoms in total. The van der Waals surface area contributed by atoms with Crippen molar-refractivity contribution in [2.24, 2.45) is 5.92 Å². The third kappa shape index (κ3) is 4.21. The van der Waals surface area contributed by atoms with Crippen LogP contribution in [0.3, 0.4) is 0 Å². The van der Waals surface area contributed by atoms with Gasteiger partial charge in [0.05, 0.1) is 6.61 Å². The third-order valence-corrected chi connectivity index (χ3v) is 3.96. The number of ketones is 1. The number of rotatable bonds is 5. The molecule has 0 heterocycles. The molecule has 1 aliphatic carbocycles. The summed E-state index contributed by atoms with van der Waals surface area (Å²) in [5, 5.41) is 0. The molecule has 0 spiro atoms. The van der Waals surface area contributed by atoms with Crippen LogP contribution >= 0.6 is 15.9 Å². The normalized spacial score (nSPS) is 16.7. The third-order valence-electron chi connectivity index (χ3n) is 3.46. The molecule has 1 aromatic carbocycles. The first-order valence-electron chi connectivity index (χ1n) is 6.60. The minimum atomic E-state index is 0.251. The highest BCUT2D eigenvalue weighted by atomic mass is 79.9. The zero-order valence-electron chi connectivity index (χ0n) is 10.5. The van der Waals surface area contributed by atoms with Gasteiger partial charge < -0.3 is 4.74 Å². The predicted octanol–water partition coefficient (Wildman–Crippen LogP) is 4.12. The largest absolute Gasteiger partial charge is 0.369 e. The van der Waals surface area contributed by atoms with Gasteiger partial charge in [0.25, 0.3) is 0 Å². The van der Waals surface area contributed by atoms with E-state index in [1.54, 1.807) is 0 Å². The Morgan fingerprint density at radius 1 is 1.28 bits per heavy atom. The maximum Gasteiger partial charge on any atom is 0.161 e. The Balaban J connectivity index is 1.73. The number of carbonyl (C=O) groups excluding carboxylic acids is 1. The fourth-order valence-corrected chi connectivity index (χ4v) is 2.89. The smallest absolute Gasteiger partial charge is 0.161 e. The standard InChI is InChI=1S/C15H19BrO2/c16-14-8-4-5-12(9-14)10-18-11-15(17)13-6-2-1-3-7-13/h4-5,8-9,13H,1-3,6-7,10-11H2. The molecule has 0 N–H and O–H groups in total. The van der Waals surface area contributed by atoms with E-state index in [0.29, 0.717) is 6.61 Å². The zero-order valence-corrected chi connectivity index (χ0v) is 12.1. The Hall–Kier alpha value is -0.670. The van der Waals surface area contributed by atoms with Gasteiger partial charge in [-0.2, -0.15) is 0 Å². The topological polar surface area (TPSA) is 26.3 Å². The second kappa shape index (κ2) is 7.05. The first-order chi connectivity index (χ1) is 8.75. The SMILES string of the molecule is O=C(COCc1cccc(Br)c1)C1CCCCC1. The Kier molecular flexibility index (Phi) is 5.39. The first-order valence-corrected chi connectivity index (χ1v) is 7.40. The van der Waals surface area contributed by atoms with E-state index in [2.05, 4.69) is 15.9 Å². The van der Waals surface area contributed by atoms with Crippen molar-refractivity contribution in [1.82, 2.24) is 0 Å². The highest BCUT2D eigenvalue weighted by Crippen LogP contribution is 2.24. The van der Waals surface area contributed by atoms with Gasteiger partial charge in [-0.15, -0.1) is 0 Å². The zero-order chi connectivity index (χ0) is 12.8. The Morgan fingerprint density at radius 3 is 2.78 bits per heavy atom. The predicted molar refractivity (Wildman–Crippen MR) is 75.4 cm³/mol. The van der Waals surface area contributed by atoms with Crippen LogP contribution in [0, 0.1) is 5.92 Å². The van der Waals surface area contributed by atoms with Gasteiger partial charge in [-0.05, 0) is 30.5 Å². The summed E-state index contributed by atoms with van der Waals surface area (Å²) in [6.07, 6.45) is 5.78. The minimum Gasteiger partial charge on any atom is -0.369 e. The van der Waals surface area contributed by atoms with Gasteiger partial charge in [0.1, 0.15) is 6.61 Å². The second-order valence-corrected chi connectivity index (χ2v) is 5.84. The van der Waals surface area contributed by atoms with Crippen molar-refractivity contribution in [2.45, 2.75) is 38.7 Å². The maximum absolute atomic E-state index is 11.9. The van der Waals surface area contributed by atoms with E-state index in [4.69, 9.17) is 4.74 Å². The van der Waals surface area contributed by atoms with Gasteiger partial charge in [-0.1, -0.05) is 47.3 Å². The molecular weight excluding hydrogens is 292 g/mol. The molecule has 3 heteroatoms. The quantitative estimate of drug-likeness (QED) is 0.818. The van der Waals surface area contributed by atoms with Gasteiger partial charge in [0.15, 0.2) is 5.78 Å². The molecule has 0 atom stereocenters. The van der Waals surface area contributed by atoms with E-state index in [1.165, 1.54) is 19.3 Å². The molecule has 0 saturated heterocycles. The lowest BCUT2D eigenvalue weighted by Crippen LogP contribution is -2.22. The van der Waals surface area contributed by atoms with Crippen LogP contribution < -0.4 is 0 Å². The van der Waals surface area contributed by atoms with Crippen LogP contribution in [0.4, 0.5) is 0 Å². The molecule has 0 unspecified atom stereocenters. The van der Waals surface area contributed by atoms with E-state index >= 15 is 0 Å². The summed E-state index contributed by atoms with van der Waals surface area (Å²) in [6.45, 7) is 0.773. The van der Waals surface area contributed by atoms with E-state index in [9.17, 15) is 4.79 Å². The number of Topliss-reactive ketones (excluding diaryl/α,β-unsaturated/α-hetero) is 1. The molecule has 1 aromatic rings. The van der Waals surface area contributed by atoms with E-state index in [1.807, 2.05) is 24.3 Å². The van der Waals surface area contributed by atoms with E-state index < -0.39 is 0 Å². The lowest BCUT2D eigenvalue weighted by molar-refractivity contribution is -0.128. The average molecular weight is 311 g/mol. The molecular formula is C15H19BrO2.